The average molecular weight is 361 g/mol. The van der Waals surface area contributed by atoms with Crippen LogP contribution < -0.4 is 5.32 Å². The molecule has 0 aliphatic carbocycles. The van der Waals surface area contributed by atoms with Crippen LogP contribution in [0.15, 0.2) is 48.5 Å². The summed E-state index contributed by atoms with van der Waals surface area (Å²) in [7, 11) is 0. The minimum absolute atomic E-state index is 0.205. The molecule has 128 valence electrons. The smallest absolute Gasteiger partial charge is 0.269 e. The summed E-state index contributed by atoms with van der Waals surface area (Å²) in [6, 6.07) is 15.6. The molecule has 0 aliphatic rings. The topological polar surface area (TPSA) is 83.6 Å². The number of hydrogen-bond acceptors (Lipinski definition) is 5. The lowest BCUT2D eigenvalue weighted by molar-refractivity contribution is 0.103. The van der Waals surface area contributed by atoms with Crippen molar-refractivity contribution in [2.45, 2.75) is 6.92 Å². The van der Waals surface area contributed by atoms with Crippen molar-refractivity contribution in [1.82, 2.24) is 19.8 Å². The quantitative estimate of drug-likeness (QED) is 0.572. The lowest BCUT2D eigenvalue weighted by Crippen LogP contribution is -2.12. The van der Waals surface area contributed by atoms with Gasteiger partial charge in [-0.2, -0.15) is 5.10 Å². The number of amides is 1. The standard InChI is InChI=1S/C19H15N5OS/c1-12-18(26-24-21-12)19(25)20-15-8-4-2-6-13(15)10-11-17-14-7-3-5-9-16(14)22-23-17/h2-11H,1H3,(H,20,25)(H,22,23). The van der Waals surface area contributed by atoms with Crippen LogP contribution in [0.3, 0.4) is 0 Å². The molecule has 0 aliphatic heterocycles. The molecule has 7 heteroatoms. The van der Waals surface area contributed by atoms with Gasteiger partial charge in [0.25, 0.3) is 5.91 Å². The van der Waals surface area contributed by atoms with E-state index < -0.39 is 0 Å². The summed E-state index contributed by atoms with van der Waals surface area (Å²) in [6.45, 7) is 1.77. The molecular weight excluding hydrogens is 346 g/mol. The lowest BCUT2D eigenvalue weighted by atomic mass is 10.1. The summed E-state index contributed by atoms with van der Waals surface area (Å²) in [5, 5.41) is 15.2. The average Bonchev–Trinajstić information content (AvgIpc) is 3.27. The van der Waals surface area contributed by atoms with Gasteiger partial charge in [-0.05, 0) is 42.2 Å². The van der Waals surface area contributed by atoms with Crippen molar-refractivity contribution in [2.24, 2.45) is 0 Å². The van der Waals surface area contributed by atoms with Gasteiger partial charge in [0.05, 0.1) is 16.9 Å². The van der Waals surface area contributed by atoms with E-state index in [-0.39, 0.29) is 5.91 Å². The molecule has 0 saturated heterocycles. The van der Waals surface area contributed by atoms with Crippen molar-refractivity contribution in [2.75, 3.05) is 5.32 Å². The molecule has 0 fully saturated rings. The Morgan fingerprint density at radius 3 is 2.77 bits per heavy atom. The molecule has 2 aromatic heterocycles. The third kappa shape index (κ3) is 3.12. The number of aromatic nitrogens is 4. The maximum absolute atomic E-state index is 12.4. The zero-order valence-electron chi connectivity index (χ0n) is 13.9. The van der Waals surface area contributed by atoms with Crippen LogP contribution in [0, 0.1) is 6.92 Å². The van der Waals surface area contributed by atoms with Crippen molar-refractivity contribution in [3.05, 3.63) is 70.4 Å². The monoisotopic (exact) mass is 361 g/mol. The van der Waals surface area contributed by atoms with Crippen LogP contribution in [0.2, 0.25) is 0 Å². The fraction of sp³-hybridized carbons (Fsp3) is 0.0526. The van der Waals surface area contributed by atoms with E-state index in [1.165, 1.54) is 0 Å². The Kier molecular flexibility index (Phi) is 4.28. The second-order valence-electron chi connectivity index (χ2n) is 5.72. The van der Waals surface area contributed by atoms with Gasteiger partial charge in [0, 0.05) is 11.1 Å². The minimum atomic E-state index is -0.205. The molecule has 2 heterocycles. The summed E-state index contributed by atoms with van der Waals surface area (Å²) in [5.74, 6) is -0.205. The Hall–Kier alpha value is -3.32. The highest BCUT2D eigenvalue weighted by Crippen LogP contribution is 2.22. The Labute approximate surface area is 153 Å². The van der Waals surface area contributed by atoms with Crippen LogP contribution in [0.25, 0.3) is 23.1 Å². The van der Waals surface area contributed by atoms with Gasteiger partial charge in [-0.3, -0.25) is 9.89 Å². The molecule has 1 amide bonds. The third-order valence-corrected chi connectivity index (χ3v) is 4.81. The number of nitrogens with one attached hydrogen (secondary N) is 2. The molecule has 0 spiro atoms. The molecule has 6 nitrogen and oxygen atoms in total. The van der Waals surface area contributed by atoms with Crippen LogP contribution in [-0.4, -0.2) is 25.7 Å². The number of aromatic amines is 1. The number of nitrogens with zero attached hydrogens (tertiary/aromatic N) is 3. The van der Waals surface area contributed by atoms with Crippen molar-refractivity contribution < 1.29 is 4.79 Å². The molecule has 0 unspecified atom stereocenters. The first-order valence-electron chi connectivity index (χ1n) is 8.03. The number of carbonyl (C=O) groups excluding carboxylic acids is 1. The van der Waals surface area contributed by atoms with Gasteiger partial charge in [0.15, 0.2) is 0 Å². The van der Waals surface area contributed by atoms with Gasteiger partial charge in [0.2, 0.25) is 0 Å². The van der Waals surface area contributed by atoms with Gasteiger partial charge in [-0.1, -0.05) is 47.0 Å². The zero-order chi connectivity index (χ0) is 17.9. The van der Waals surface area contributed by atoms with Crippen molar-refractivity contribution in [1.29, 1.82) is 0 Å². The second kappa shape index (κ2) is 6.89. The second-order valence-corrected chi connectivity index (χ2v) is 6.47. The Morgan fingerprint density at radius 2 is 1.92 bits per heavy atom. The number of aryl methyl sites for hydroxylation is 1. The molecule has 4 rings (SSSR count). The maximum atomic E-state index is 12.4. The van der Waals surface area contributed by atoms with Gasteiger partial charge in [-0.15, -0.1) is 5.10 Å². The molecule has 0 radical (unpaired) electrons. The van der Waals surface area contributed by atoms with Crippen LogP contribution >= 0.6 is 11.5 Å². The number of benzene rings is 2. The first-order valence-corrected chi connectivity index (χ1v) is 8.80. The predicted molar refractivity (Wildman–Crippen MR) is 104 cm³/mol. The highest BCUT2D eigenvalue weighted by Gasteiger charge is 2.14. The van der Waals surface area contributed by atoms with E-state index in [4.69, 9.17) is 0 Å². The number of fused-ring (bicyclic) bond motifs is 1. The molecule has 0 atom stereocenters. The van der Waals surface area contributed by atoms with E-state index in [1.807, 2.05) is 60.7 Å². The number of anilines is 1. The predicted octanol–water partition coefficient (Wildman–Crippen LogP) is 4.15. The van der Waals surface area contributed by atoms with Crippen LogP contribution in [0.4, 0.5) is 5.69 Å². The van der Waals surface area contributed by atoms with E-state index >= 15 is 0 Å². The third-order valence-electron chi connectivity index (χ3n) is 3.99. The summed E-state index contributed by atoms with van der Waals surface area (Å²) >= 11 is 1.09. The summed E-state index contributed by atoms with van der Waals surface area (Å²) in [4.78, 5) is 12.9. The number of rotatable bonds is 4. The normalized spacial score (nSPS) is 11.3. The zero-order valence-corrected chi connectivity index (χ0v) is 14.7. The number of para-hydroxylation sites is 2. The first-order chi connectivity index (χ1) is 12.7. The number of hydrogen-bond donors (Lipinski definition) is 2. The Bertz CT molecular complexity index is 1110. The molecule has 2 N–H and O–H groups in total. The number of H-pyrrole nitrogens is 1. The molecule has 4 aromatic rings. The maximum Gasteiger partial charge on any atom is 0.269 e. The van der Waals surface area contributed by atoms with E-state index in [0.29, 0.717) is 10.6 Å². The fourth-order valence-corrected chi connectivity index (χ4v) is 3.21. The summed E-state index contributed by atoms with van der Waals surface area (Å²) in [5.41, 5.74) is 4.08. The SMILES string of the molecule is Cc1nnsc1C(=O)Nc1ccccc1C=Cc1n[nH]c2ccccc12. The van der Waals surface area contributed by atoms with Crippen LogP contribution in [0.5, 0.6) is 0 Å². The lowest BCUT2D eigenvalue weighted by Gasteiger charge is -2.07. The molecule has 26 heavy (non-hydrogen) atoms. The van der Waals surface area contributed by atoms with Gasteiger partial charge < -0.3 is 5.32 Å². The highest BCUT2D eigenvalue weighted by atomic mass is 32.1. The highest BCUT2D eigenvalue weighted by molar-refractivity contribution is 7.08. The largest absolute Gasteiger partial charge is 0.321 e. The van der Waals surface area contributed by atoms with Gasteiger partial charge in [0.1, 0.15) is 4.88 Å². The van der Waals surface area contributed by atoms with E-state index in [9.17, 15) is 4.79 Å². The van der Waals surface area contributed by atoms with Crippen molar-refractivity contribution in [3.63, 3.8) is 0 Å². The molecule has 0 saturated carbocycles. The Balaban J connectivity index is 1.62. The van der Waals surface area contributed by atoms with Crippen molar-refractivity contribution in [3.8, 4) is 0 Å². The Morgan fingerprint density at radius 1 is 1.12 bits per heavy atom. The summed E-state index contributed by atoms with van der Waals surface area (Å²) < 4.78 is 3.81. The van der Waals surface area contributed by atoms with Crippen molar-refractivity contribution >= 4 is 46.2 Å². The molecule has 2 aromatic carbocycles. The van der Waals surface area contributed by atoms with Gasteiger partial charge in [-0.25, -0.2) is 0 Å². The minimum Gasteiger partial charge on any atom is -0.321 e. The van der Waals surface area contributed by atoms with E-state index in [1.54, 1.807) is 6.92 Å². The molecule has 0 bridgehead atoms. The molecular formula is C19H15N5OS. The van der Waals surface area contributed by atoms with Gasteiger partial charge >= 0.3 is 0 Å². The summed E-state index contributed by atoms with van der Waals surface area (Å²) in [6.07, 6.45) is 3.87. The first kappa shape index (κ1) is 16.2. The van der Waals surface area contributed by atoms with E-state index in [2.05, 4.69) is 25.1 Å². The fourth-order valence-electron chi connectivity index (χ4n) is 2.66. The van der Waals surface area contributed by atoms with Crippen LogP contribution in [0.1, 0.15) is 26.6 Å². The number of carbonyl (C=O) groups is 1. The van der Waals surface area contributed by atoms with Crippen LogP contribution in [-0.2, 0) is 0 Å². The van der Waals surface area contributed by atoms with E-state index in [0.717, 1.165) is 39.4 Å².